The third-order valence-corrected chi connectivity index (χ3v) is 4.03. The molecule has 4 nitrogen and oxygen atoms in total. The van der Waals surface area contributed by atoms with Crippen molar-refractivity contribution in [2.24, 2.45) is 9.98 Å². The summed E-state index contributed by atoms with van der Waals surface area (Å²) < 4.78 is 0. The molecule has 3 aromatic rings. The Morgan fingerprint density at radius 1 is 0.577 bits per heavy atom. The van der Waals surface area contributed by atoms with Gasteiger partial charge in [0, 0.05) is 22.6 Å². The number of nitrogens with zero attached hydrogens (tertiary/aromatic N) is 2. The van der Waals surface area contributed by atoms with Crippen molar-refractivity contribution in [1.29, 1.82) is 0 Å². The third-order valence-electron chi connectivity index (χ3n) is 4.03. The first-order chi connectivity index (χ1) is 12.5. The molecule has 0 bridgehead atoms. The van der Waals surface area contributed by atoms with Gasteiger partial charge in [-0.1, -0.05) is 24.3 Å². The van der Waals surface area contributed by atoms with Crippen molar-refractivity contribution in [3.05, 3.63) is 83.9 Å². The van der Waals surface area contributed by atoms with E-state index < -0.39 is 0 Å². The molecule has 2 N–H and O–H groups in total. The quantitative estimate of drug-likeness (QED) is 0.624. The van der Waals surface area contributed by atoms with Crippen molar-refractivity contribution in [3.8, 4) is 11.5 Å². The first-order valence-electron chi connectivity index (χ1n) is 8.32. The van der Waals surface area contributed by atoms with Crippen LogP contribution in [0.1, 0.15) is 25.0 Å². The minimum Gasteiger partial charge on any atom is -0.507 e. The van der Waals surface area contributed by atoms with Gasteiger partial charge in [-0.15, -0.1) is 0 Å². The molecule has 0 radical (unpaired) electrons. The normalized spacial score (nSPS) is 12.2. The summed E-state index contributed by atoms with van der Waals surface area (Å²) in [6.45, 7) is 3.73. The monoisotopic (exact) mass is 344 g/mol. The molecule has 0 atom stereocenters. The summed E-state index contributed by atoms with van der Waals surface area (Å²) in [7, 11) is 0. The van der Waals surface area contributed by atoms with Gasteiger partial charge in [0.1, 0.15) is 11.5 Å². The zero-order valence-electron chi connectivity index (χ0n) is 14.7. The Morgan fingerprint density at radius 3 is 1.27 bits per heavy atom. The van der Waals surface area contributed by atoms with Gasteiger partial charge in [0.05, 0.1) is 11.4 Å². The Balaban J connectivity index is 1.83. The summed E-state index contributed by atoms with van der Waals surface area (Å²) >= 11 is 0. The van der Waals surface area contributed by atoms with Crippen LogP contribution in [0.3, 0.4) is 0 Å². The molecule has 4 heteroatoms. The van der Waals surface area contributed by atoms with Crippen LogP contribution in [0.5, 0.6) is 11.5 Å². The molecule has 0 fully saturated rings. The molecule has 0 aliphatic heterocycles. The van der Waals surface area contributed by atoms with Crippen LogP contribution < -0.4 is 0 Å². The molecule has 0 heterocycles. The van der Waals surface area contributed by atoms with Crippen LogP contribution in [-0.4, -0.2) is 21.6 Å². The summed E-state index contributed by atoms with van der Waals surface area (Å²) in [6.07, 6.45) is 0. The smallest absolute Gasteiger partial charge is 0.124 e. The molecule has 0 amide bonds. The highest BCUT2D eigenvalue weighted by molar-refractivity contribution is 6.03. The molecule has 130 valence electrons. The number of para-hydroxylation sites is 2. The van der Waals surface area contributed by atoms with Crippen LogP contribution in [0.25, 0.3) is 0 Å². The van der Waals surface area contributed by atoms with Crippen LogP contribution in [0, 0.1) is 0 Å². The Kier molecular flexibility index (Phi) is 5.13. The molecule has 0 aliphatic carbocycles. The zero-order chi connectivity index (χ0) is 18.5. The molecule has 0 spiro atoms. The number of aromatic hydroxyl groups is 2. The van der Waals surface area contributed by atoms with E-state index in [2.05, 4.69) is 9.98 Å². The van der Waals surface area contributed by atoms with E-state index in [-0.39, 0.29) is 11.5 Å². The minimum atomic E-state index is 0.216. The van der Waals surface area contributed by atoms with E-state index >= 15 is 0 Å². The highest BCUT2D eigenvalue weighted by Crippen LogP contribution is 2.24. The molecule has 0 unspecified atom stereocenters. The summed E-state index contributed by atoms with van der Waals surface area (Å²) in [5.74, 6) is 0.432. The van der Waals surface area contributed by atoms with E-state index in [0.29, 0.717) is 11.1 Å². The first kappa shape index (κ1) is 17.4. The van der Waals surface area contributed by atoms with Crippen molar-refractivity contribution in [1.82, 2.24) is 0 Å². The van der Waals surface area contributed by atoms with Gasteiger partial charge in [0.15, 0.2) is 0 Å². The van der Waals surface area contributed by atoms with Gasteiger partial charge in [-0.2, -0.15) is 0 Å². The number of benzene rings is 3. The molecule has 0 aliphatic rings. The fourth-order valence-corrected chi connectivity index (χ4v) is 2.67. The number of phenols is 2. The molecule has 0 saturated heterocycles. The Morgan fingerprint density at radius 2 is 0.923 bits per heavy atom. The van der Waals surface area contributed by atoms with Gasteiger partial charge in [0.25, 0.3) is 0 Å². The molecular formula is C22H20N2O2. The van der Waals surface area contributed by atoms with E-state index in [4.69, 9.17) is 0 Å². The summed E-state index contributed by atoms with van der Waals surface area (Å²) in [5.41, 5.74) is 4.47. The minimum absolute atomic E-state index is 0.216. The van der Waals surface area contributed by atoms with Crippen LogP contribution in [0.2, 0.25) is 0 Å². The molecule has 3 aromatic carbocycles. The lowest BCUT2D eigenvalue weighted by Gasteiger charge is -2.05. The van der Waals surface area contributed by atoms with Gasteiger partial charge in [-0.25, -0.2) is 0 Å². The second kappa shape index (κ2) is 7.66. The second-order valence-corrected chi connectivity index (χ2v) is 5.95. The van der Waals surface area contributed by atoms with E-state index in [1.54, 1.807) is 24.3 Å². The molecular weight excluding hydrogens is 324 g/mol. The maximum atomic E-state index is 9.91. The lowest BCUT2D eigenvalue weighted by atomic mass is 10.1. The first-order valence-corrected chi connectivity index (χ1v) is 8.32. The Hall–Kier alpha value is -3.40. The van der Waals surface area contributed by atoms with Gasteiger partial charge >= 0.3 is 0 Å². The largest absolute Gasteiger partial charge is 0.507 e. The maximum Gasteiger partial charge on any atom is 0.124 e. The molecule has 26 heavy (non-hydrogen) atoms. The molecule has 3 rings (SSSR count). The number of hydrogen-bond acceptors (Lipinski definition) is 4. The fraction of sp³-hybridized carbons (Fsp3) is 0.0909. The van der Waals surface area contributed by atoms with E-state index in [0.717, 1.165) is 22.8 Å². The van der Waals surface area contributed by atoms with Gasteiger partial charge in [-0.05, 0) is 62.4 Å². The summed E-state index contributed by atoms with van der Waals surface area (Å²) in [5, 5.41) is 19.8. The molecule has 0 aromatic heterocycles. The zero-order valence-corrected chi connectivity index (χ0v) is 14.7. The van der Waals surface area contributed by atoms with Crippen molar-refractivity contribution in [2.45, 2.75) is 13.8 Å². The van der Waals surface area contributed by atoms with Crippen LogP contribution in [0.4, 0.5) is 11.4 Å². The van der Waals surface area contributed by atoms with Gasteiger partial charge in [0.2, 0.25) is 0 Å². The van der Waals surface area contributed by atoms with Crippen LogP contribution in [0.15, 0.2) is 82.8 Å². The van der Waals surface area contributed by atoms with E-state index in [9.17, 15) is 10.2 Å². The fourth-order valence-electron chi connectivity index (χ4n) is 2.67. The summed E-state index contributed by atoms with van der Waals surface area (Å²) in [6, 6.07) is 21.8. The number of phenolic OH excluding ortho intramolecular Hbond substituents is 2. The van der Waals surface area contributed by atoms with Crippen LogP contribution >= 0.6 is 0 Å². The predicted molar refractivity (Wildman–Crippen MR) is 106 cm³/mol. The Labute approximate surface area is 152 Å². The lowest BCUT2D eigenvalue weighted by Crippen LogP contribution is -1.94. The SMILES string of the molecule is CC(=Nc1ccc(N=C(C)c2ccccc2O)cc1)c1ccccc1O. The standard InChI is InChI=1S/C22H20N2O2/c1-15(19-7-3-5-9-21(19)25)23-17-11-13-18(14-12-17)24-16(2)20-8-4-6-10-22(20)26/h3-14,25-26H,1-2H3. The highest BCUT2D eigenvalue weighted by atomic mass is 16.3. The van der Waals surface area contributed by atoms with Crippen LogP contribution in [-0.2, 0) is 0 Å². The lowest BCUT2D eigenvalue weighted by molar-refractivity contribution is 0.473. The summed E-state index contributed by atoms with van der Waals surface area (Å²) in [4.78, 5) is 9.10. The average molecular weight is 344 g/mol. The van der Waals surface area contributed by atoms with Crippen molar-refractivity contribution < 1.29 is 10.2 Å². The number of rotatable bonds is 4. The molecule has 0 saturated carbocycles. The van der Waals surface area contributed by atoms with Gasteiger partial charge < -0.3 is 10.2 Å². The topological polar surface area (TPSA) is 65.2 Å². The number of hydrogen-bond donors (Lipinski definition) is 2. The van der Waals surface area contributed by atoms with E-state index in [1.807, 2.05) is 62.4 Å². The number of aliphatic imine (C=N–C) groups is 2. The third kappa shape index (κ3) is 3.98. The highest BCUT2D eigenvalue weighted by Gasteiger charge is 2.05. The van der Waals surface area contributed by atoms with Crippen molar-refractivity contribution >= 4 is 22.8 Å². The van der Waals surface area contributed by atoms with Crippen molar-refractivity contribution in [2.75, 3.05) is 0 Å². The Bertz CT molecular complexity index is 893. The average Bonchev–Trinajstić information content (AvgIpc) is 2.64. The maximum absolute atomic E-state index is 9.91. The van der Waals surface area contributed by atoms with Gasteiger partial charge in [-0.3, -0.25) is 9.98 Å². The van der Waals surface area contributed by atoms with E-state index in [1.165, 1.54) is 0 Å². The predicted octanol–water partition coefficient (Wildman–Crippen LogP) is 5.38. The second-order valence-electron chi connectivity index (χ2n) is 5.95. The van der Waals surface area contributed by atoms with Crippen molar-refractivity contribution in [3.63, 3.8) is 0 Å².